The number of furan rings is 1. The maximum Gasteiger partial charge on any atom is 0.291 e. The highest BCUT2D eigenvalue weighted by molar-refractivity contribution is 9.10. The molecule has 7 heteroatoms. The summed E-state index contributed by atoms with van der Waals surface area (Å²) in [4.78, 5) is 24.3. The van der Waals surface area contributed by atoms with Gasteiger partial charge in [0.1, 0.15) is 5.75 Å². The molecule has 0 bridgehead atoms. The van der Waals surface area contributed by atoms with Crippen LogP contribution in [-0.2, 0) is 4.79 Å². The fourth-order valence-electron chi connectivity index (χ4n) is 2.46. The smallest absolute Gasteiger partial charge is 0.291 e. The normalized spacial score (nSPS) is 10.6. The first kappa shape index (κ1) is 19.4. The van der Waals surface area contributed by atoms with E-state index in [2.05, 4.69) is 26.6 Å². The summed E-state index contributed by atoms with van der Waals surface area (Å²) >= 11 is 3.40. The highest BCUT2D eigenvalue weighted by Gasteiger charge is 2.09. The molecule has 0 aliphatic heterocycles. The van der Waals surface area contributed by atoms with Gasteiger partial charge in [0.2, 0.25) is 5.91 Å². The van der Waals surface area contributed by atoms with Gasteiger partial charge in [-0.25, -0.2) is 0 Å². The number of nitrogens with one attached hydrogen (secondary N) is 2. The molecule has 0 spiro atoms. The van der Waals surface area contributed by atoms with Crippen LogP contribution in [0.4, 0.5) is 11.4 Å². The third-order valence-electron chi connectivity index (χ3n) is 3.74. The van der Waals surface area contributed by atoms with E-state index in [1.54, 1.807) is 49.6 Å². The number of carbonyl (C=O) groups excluding carboxylic acids is 2. The first-order valence-corrected chi connectivity index (χ1v) is 9.12. The van der Waals surface area contributed by atoms with Crippen molar-refractivity contribution < 1.29 is 18.7 Å². The molecule has 3 rings (SSSR count). The Morgan fingerprint density at radius 3 is 2.54 bits per heavy atom. The maximum absolute atomic E-state index is 12.2. The molecule has 6 nitrogen and oxygen atoms in total. The number of carbonyl (C=O) groups is 2. The summed E-state index contributed by atoms with van der Waals surface area (Å²) in [7, 11) is 1.57. The molecule has 0 radical (unpaired) electrons. The molecule has 142 valence electrons. The molecule has 0 saturated carbocycles. The molecule has 1 aromatic heterocycles. The van der Waals surface area contributed by atoms with Gasteiger partial charge >= 0.3 is 0 Å². The third kappa shape index (κ3) is 5.11. The zero-order chi connectivity index (χ0) is 19.9. The second kappa shape index (κ2) is 9.05. The van der Waals surface area contributed by atoms with Crippen molar-refractivity contribution in [3.63, 3.8) is 0 Å². The van der Waals surface area contributed by atoms with Crippen molar-refractivity contribution in [2.75, 3.05) is 17.7 Å². The van der Waals surface area contributed by atoms with Gasteiger partial charge in [-0.3, -0.25) is 9.59 Å². The van der Waals surface area contributed by atoms with Crippen LogP contribution >= 0.6 is 15.9 Å². The molecule has 0 saturated heterocycles. The number of rotatable bonds is 6. The molecule has 0 aliphatic carbocycles. The van der Waals surface area contributed by atoms with Crippen LogP contribution < -0.4 is 15.4 Å². The van der Waals surface area contributed by atoms with Crippen LogP contribution in [-0.4, -0.2) is 18.9 Å². The van der Waals surface area contributed by atoms with E-state index >= 15 is 0 Å². The molecular formula is C21H17BrN2O4. The lowest BCUT2D eigenvalue weighted by Crippen LogP contribution is -2.12. The molecule has 28 heavy (non-hydrogen) atoms. The molecule has 3 aromatic rings. The molecule has 0 aliphatic rings. The van der Waals surface area contributed by atoms with Crippen molar-refractivity contribution in [2.45, 2.75) is 0 Å². The first-order valence-electron chi connectivity index (χ1n) is 8.32. The van der Waals surface area contributed by atoms with E-state index in [-0.39, 0.29) is 17.6 Å². The van der Waals surface area contributed by atoms with Crippen LogP contribution in [0.15, 0.2) is 75.8 Å². The predicted molar refractivity (Wildman–Crippen MR) is 111 cm³/mol. The molecule has 2 aromatic carbocycles. The second-order valence-electron chi connectivity index (χ2n) is 5.72. The number of halogens is 1. The zero-order valence-corrected chi connectivity index (χ0v) is 16.5. The predicted octanol–water partition coefficient (Wildman–Crippen LogP) is 4.95. The lowest BCUT2D eigenvalue weighted by Gasteiger charge is -2.07. The Kier molecular flexibility index (Phi) is 6.29. The van der Waals surface area contributed by atoms with Crippen molar-refractivity contribution in [1.29, 1.82) is 0 Å². The number of ether oxygens (including phenoxy) is 1. The van der Waals surface area contributed by atoms with Gasteiger partial charge in [0, 0.05) is 27.5 Å². The van der Waals surface area contributed by atoms with Gasteiger partial charge in [-0.05, 0) is 54.6 Å². The van der Waals surface area contributed by atoms with E-state index in [4.69, 9.17) is 9.15 Å². The van der Waals surface area contributed by atoms with Crippen LogP contribution in [0.25, 0.3) is 6.08 Å². The minimum atomic E-state index is -0.366. The first-order chi connectivity index (χ1) is 13.5. The van der Waals surface area contributed by atoms with E-state index in [0.717, 1.165) is 10.0 Å². The van der Waals surface area contributed by atoms with E-state index < -0.39 is 0 Å². The van der Waals surface area contributed by atoms with Crippen molar-refractivity contribution in [2.24, 2.45) is 0 Å². The van der Waals surface area contributed by atoms with Crippen LogP contribution in [0, 0.1) is 0 Å². The zero-order valence-electron chi connectivity index (χ0n) is 14.9. The van der Waals surface area contributed by atoms with Gasteiger partial charge in [0.15, 0.2) is 5.76 Å². The lowest BCUT2D eigenvalue weighted by molar-refractivity contribution is -0.111. The average Bonchev–Trinajstić information content (AvgIpc) is 3.22. The van der Waals surface area contributed by atoms with Gasteiger partial charge in [-0.1, -0.05) is 22.0 Å². The van der Waals surface area contributed by atoms with E-state index in [1.807, 2.05) is 18.2 Å². The van der Waals surface area contributed by atoms with Crippen molar-refractivity contribution in [3.05, 3.63) is 82.7 Å². The Bertz CT molecular complexity index is 1010. The molecule has 2 amide bonds. The highest BCUT2D eigenvalue weighted by Crippen LogP contribution is 2.24. The van der Waals surface area contributed by atoms with Crippen LogP contribution in [0.1, 0.15) is 16.1 Å². The van der Waals surface area contributed by atoms with Crippen LogP contribution in [0.2, 0.25) is 0 Å². The Balaban J connectivity index is 1.66. The van der Waals surface area contributed by atoms with E-state index in [0.29, 0.717) is 17.1 Å². The van der Waals surface area contributed by atoms with Gasteiger partial charge in [-0.15, -0.1) is 0 Å². The quantitative estimate of drug-likeness (QED) is 0.531. The fraction of sp³-hybridized carbons (Fsp3) is 0.0476. The summed E-state index contributed by atoms with van der Waals surface area (Å²) in [6, 6.07) is 15.6. The van der Waals surface area contributed by atoms with E-state index in [1.165, 1.54) is 12.3 Å². The van der Waals surface area contributed by atoms with E-state index in [9.17, 15) is 9.59 Å². The standard InChI is InChI=1S/C21H17BrN2O4/c1-27-18-9-8-15(22)12-14(18)7-10-20(25)23-16-4-2-5-17(13-16)24-21(26)19-6-3-11-28-19/h2-13H,1H3,(H,23,25)(H,24,26)/b10-7+. The van der Waals surface area contributed by atoms with Gasteiger partial charge in [0.05, 0.1) is 13.4 Å². The Hall–Kier alpha value is -3.32. The average molecular weight is 441 g/mol. The van der Waals surface area contributed by atoms with Crippen molar-refractivity contribution in [3.8, 4) is 5.75 Å². The summed E-state index contributed by atoms with van der Waals surface area (Å²) < 4.78 is 11.2. The van der Waals surface area contributed by atoms with Crippen LogP contribution in [0.5, 0.6) is 5.75 Å². The number of amides is 2. The Morgan fingerprint density at radius 1 is 1.04 bits per heavy atom. The minimum absolute atomic E-state index is 0.209. The number of benzene rings is 2. The Morgan fingerprint density at radius 2 is 1.82 bits per heavy atom. The highest BCUT2D eigenvalue weighted by atomic mass is 79.9. The molecule has 0 unspecified atom stereocenters. The minimum Gasteiger partial charge on any atom is -0.496 e. The molecule has 2 N–H and O–H groups in total. The number of hydrogen-bond acceptors (Lipinski definition) is 4. The molecule has 0 atom stereocenters. The second-order valence-corrected chi connectivity index (χ2v) is 6.64. The number of methoxy groups -OCH3 is 1. The summed E-state index contributed by atoms with van der Waals surface area (Å²) in [6.07, 6.45) is 4.51. The van der Waals surface area contributed by atoms with Gasteiger partial charge in [0.25, 0.3) is 5.91 Å². The lowest BCUT2D eigenvalue weighted by atomic mass is 10.2. The van der Waals surface area contributed by atoms with Crippen molar-refractivity contribution >= 4 is 45.2 Å². The summed E-state index contributed by atoms with van der Waals surface area (Å²) in [5.41, 5.74) is 1.86. The SMILES string of the molecule is COc1ccc(Br)cc1/C=C/C(=O)Nc1cccc(NC(=O)c2ccco2)c1. The van der Waals surface area contributed by atoms with Gasteiger partial charge in [-0.2, -0.15) is 0 Å². The molecule has 0 fully saturated rings. The molecular weight excluding hydrogens is 424 g/mol. The maximum atomic E-state index is 12.2. The Labute approximate surface area is 170 Å². The number of anilines is 2. The number of hydrogen-bond donors (Lipinski definition) is 2. The molecule has 1 heterocycles. The topological polar surface area (TPSA) is 80.6 Å². The summed E-state index contributed by atoms with van der Waals surface area (Å²) in [5.74, 6) is 0.196. The third-order valence-corrected chi connectivity index (χ3v) is 4.23. The van der Waals surface area contributed by atoms with Gasteiger partial charge < -0.3 is 19.8 Å². The summed E-state index contributed by atoms with van der Waals surface area (Å²) in [5, 5.41) is 5.47. The fourth-order valence-corrected chi connectivity index (χ4v) is 2.84. The van der Waals surface area contributed by atoms with Crippen molar-refractivity contribution in [1.82, 2.24) is 0 Å². The largest absolute Gasteiger partial charge is 0.496 e. The summed E-state index contributed by atoms with van der Waals surface area (Å²) in [6.45, 7) is 0. The van der Waals surface area contributed by atoms with Crippen LogP contribution in [0.3, 0.4) is 0 Å². The monoisotopic (exact) mass is 440 g/mol.